The van der Waals surface area contributed by atoms with Gasteiger partial charge in [-0.1, -0.05) is 55.0 Å². The van der Waals surface area contributed by atoms with Crippen LogP contribution in [0.5, 0.6) is 0 Å². The maximum absolute atomic E-state index is 3.71. The molecule has 2 heteroatoms. The average Bonchev–Trinajstić information content (AvgIpc) is 2.60. The molecule has 0 amide bonds. The molecule has 0 bridgehead atoms. The van der Waals surface area contributed by atoms with Gasteiger partial charge in [0.15, 0.2) is 0 Å². The number of benzene rings is 2. The highest BCUT2D eigenvalue weighted by molar-refractivity contribution is 5.27. The number of piperidine rings is 1. The van der Waals surface area contributed by atoms with Crippen molar-refractivity contribution in [1.82, 2.24) is 10.2 Å². The molecule has 2 aromatic carbocycles. The first-order valence-corrected chi connectivity index (χ1v) is 9.27. The molecule has 128 valence electrons. The zero-order valence-corrected chi connectivity index (χ0v) is 15.1. The molecule has 1 aliphatic rings. The summed E-state index contributed by atoms with van der Waals surface area (Å²) >= 11 is 0. The minimum atomic E-state index is 0.631. The van der Waals surface area contributed by atoms with Gasteiger partial charge in [-0.15, -0.1) is 0 Å². The molecular weight excluding hydrogens is 292 g/mol. The van der Waals surface area contributed by atoms with Gasteiger partial charge in [0.05, 0.1) is 0 Å². The van der Waals surface area contributed by atoms with Crippen LogP contribution in [0.1, 0.15) is 41.5 Å². The van der Waals surface area contributed by atoms with E-state index in [1.165, 1.54) is 48.1 Å². The summed E-state index contributed by atoms with van der Waals surface area (Å²) in [5.41, 5.74) is 5.68. The van der Waals surface area contributed by atoms with Gasteiger partial charge in [0.1, 0.15) is 0 Å². The van der Waals surface area contributed by atoms with E-state index in [0.29, 0.717) is 6.04 Å². The van der Waals surface area contributed by atoms with Crippen molar-refractivity contribution in [2.24, 2.45) is 0 Å². The Morgan fingerprint density at radius 3 is 1.96 bits per heavy atom. The van der Waals surface area contributed by atoms with E-state index in [1.807, 2.05) is 0 Å². The standard InChI is InChI=1S/C22H30N2/c1-18-9-3-5-11-20(18)15-24(17-22-13-7-8-14-23-22)16-21-12-6-4-10-19(21)2/h3-6,9-12,22-23H,7-8,13-17H2,1-2H3/t22-/m0/s1. The predicted molar refractivity (Wildman–Crippen MR) is 102 cm³/mol. The van der Waals surface area contributed by atoms with Crippen molar-refractivity contribution < 1.29 is 0 Å². The van der Waals surface area contributed by atoms with Gasteiger partial charge in [0.2, 0.25) is 0 Å². The second-order valence-corrected chi connectivity index (χ2v) is 7.17. The van der Waals surface area contributed by atoms with Crippen LogP contribution < -0.4 is 5.32 Å². The van der Waals surface area contributed by atoms with Crippen molar-refractivity contribution >= 4 is 0 Å². The first kappa shape index (κ1) is 17.2. The van der Waals surface area contributed by atoms with Gasteiger partial charge < -0.3 is 5.32 Å². The van der Waals surface area contributed by atoms with E-state index in [-0.39, 0.29) is 0 Å². The molecule has 0 aliphatic carbocycles. The minimum absolute atomic E-state index is 0.631. The summed E-state index contributed by atoms with van der Waals surface area (Å²) in [4.78, 5) is 2.62. The van der Waals surface area contributed by atoms with E-state index in [4.69, 9.17) is 0 Å². The average molecular weight is 322 g/mol. The molecule has 0 saturated carbocycles. The van der Waals surface area contributed by atoms with E-state index in [2.05, 4.69) is 72.6 Å². The quantitative estimate of drug-likeness (QED) is 0.845. The van der Waals surface area contributed by atoms with Crippen LogP contribution in [0, 0.1) is 13.8 Å². The molecule has 1 saturated heterocycles. The molecule has 1 fully saturated rings. The second-order valence-electron chi connectivity index (χ2n) is 7.17. The lowest BCUT2D eigenvalue weighted by Gasteiger charge is -2.31. The third-order valence-corrected chi connectivity index (χ3v) is 5.20. The molecule has 0 radical (unpaired) electrons. The summed E-state index contributed by atoms with van der Waals surface area (Å²) < 4.78 is 0. The molecule has 0 spiro atoms. The Hall–Kier alpha value is -1.64. The van der Waals surface area contributed by atoms with Crippen LogP contribution in [0.3, 0.4) is 0 Å². The van der Waals surface area contributed by atoms with Crippen LogP contribution >= 0.6 is 0 Å². The topological polar surface area (TPSA) is 15.3 Å². The van der Waals surface area contributed by atoms with Crippen molar-refractivity contribution in [2.45, 2.75) is 52.2 Å². The highest BCUT2D eigenvalue weighted by Crippen LogP contribution is 2.18. The van der Waals surface area contributed by atoms with Gasteiger partial charge in [0.25, 0.3) is 0 Å². The monoisotopic (exact) mass is 322 g/mol. The third kappa shape index (κ3) is 4.68. The summed E-state index contributed by atoms with van der Waals surface area (Å²) in [6.45, 7) is 8.80. The molecule has 0 unspecified atom stereocenters. The minimum Gasteiger partial charge on any atom is -0.313 e. The number of rotatable bonds is 6. The van der Waals surface area contributed by atoms with Gasteiger partial charge in [-0.05, 0) is 55.5 Å². The highest BCUT2D eigenvalue weighted by Gasteiger charge is 2.18. The molecule has 24 heavy (non-hydrogen) atoms. The van der Waals surface area contributed by atoms with Crippen LogP contribution in [0.2, 0.25) is 0 Å². The fourth-order valence-electron chi connectivity index (χ4n) is 3.63. The zero-order valence-electron chi connectivity index (χ0n) is 15.1. The lowest BCUT2D eigenvalue weighted by atomic mass is 10.0. The molecule has 1 atom stereocenters. The van der Waals surface area contributed by atoms with Crippen molar-refractivity contribution in [3.8, 4) is 0 Å². The Morgan fingerprint density at radius 2 is 1.46 bits per heavy atom. The lowest BCUT2D eigenvalue weighted by molar-refractivity contribution is 0.209. The van der Waals surface area contributed by atoms with Crippen molar-refractivity contribution in [3.63, 3.8) is 0 Å². The molecule has 2 aromatic rings. The third-order valence-electron chi connectivity index (χ3n) is 5.20. The second kappa shape index (κ2) is 8.46. The Balaban J connectivity index is 1.74. The van der Waals surface area contributed by atoms with Gasteiger partial charge in [0, 0.05) is 25.7 Å². The Kier molecular flexibility index (Phi) is 6.06. The van der Waals surface area contributed by atoms with E-state index in [9.17, 15) is 0 Å². The van der Waals surface area contributed by atoms with Crippen molar-refractivity contribution in [3.05, 3.63) is 70.8 Å². The first-order chi connectivity index (χ1) is 11.7. The zero-order chi connectivity index (χ0) is 16.8. The van der Waals surface area contributed by atoms with Crippen LogP contribution in [-0.4, -0.2) is 24.0 Å². The molecule has 2 nitrogen and oxygen atoms in total. The van der Waals surface area contributed by atoms with Crippen molar-refractivity contribution in [2.75, 3.05) is 13.1 Å². The molecule has 0 aromatic heterocycles. The molecule has 1 aliphatic heterocycles. The summed E-state index contributed by atoms with van der Waals surface area (Å²) in [7, 11) is 0. The maximum atomic E-state index is 3.71. The Morgan fingerprint density at radius 1 is 0.875 bits per heavy atom. The Labute approximate surface area is 146 Å². The predicted octanol–water partition coefficient (Wildman–Crippen LogP) is 4.45. The van der Waals surface area contributed by atoms with E-state index >= 15 is 0 Å². The first-order valence-electron chi connectivity index (χ1n) is 9.27. The molecule has 3 rings (SSSR count). The van der Waals surface area contributed by atoms with Crippen LogP contribution in [0.4, 0.5) is 0 Å². The molecule has 1 N–H and O–H groups in total. The fourth-order valence-corrected chi connectivity index (χ4v) is 3.63. The SMILES string of the molecule is Cc1ccccc1CN(Cc1ccccc1C)C[C@@H]1CCCCN1. The number of aryl methyl sites for hydroxylation is 2. The van der Waals surface area contributed by atoms with E-state index < -0.39 is 0 Å². The lowest BCUT2D eigenvalue weighted by Crippen LogP contribution is -2.43. The number of nitrogens with one attached hydrogen (secondary N) is 1. The van der Waals surface area contributed by atoms with Crippen LogP contribution in [-0.2, 0) is 13.1 Å². The molecular formula is C22H30N2. The Bertz CT molecular complexity index is 596. The normalized spacial score (nSPS) is 18.0. The number of nitrogens with zero attached hydrogens (tertiary/aromatic N) is 1. The number of hydrogen-bond acceptors (Lipinski definition) is 2. The summed E-state index contributed by atoms with van der Waals surface area (Å²) in [5, 5.41) is 3.71. The fraction of sp³-hybridized carbons (Fsp3) is 0.455. The largest absolute Gasteiger partial charge is 0.313 e. The van der Waals surface area contributed by atoms with Gasteiger partial charge >= 0.3 is 0 Å². The molecule has 1 heterocycles. The summed E-state index contributed by atoms with van der Waals surface area (Å²) in [5.74, 6) is 0. The highest BCUT2D eigenvalue weighted by atomic mass is 15.1. The van der Waals surface area contributed by atoms with E-state index in [1.54, 1.807) is 0 Å². The number of hydrogen-bond donors (Lipinski definition) is 1. The van der Waals surface area contributed by atoms with Gasteiger partial charge in [-0.25, -0.2) is 0 Å². The summed E-state index contributed by atoms with van der Waals surface area (Å²) in [6, 6.07) is 18.2. The van der Waals surface area contributed by atoms with Gasteiger partial charge in [-0.3, -0.25) is 4.90 Å². The van der Waals surface area contributed by atoms with E-state index in [0.717, 1.165) is 19.6 Å². The maximum Gasteiger partial charge on any atom is 0.0240 e. The smallest absolute Gasteiger partial charge is 0.0240 e. The van der Waals surface area contributed by atoms with Gasteiger partial charge in [-0.2, -0.15) is 0 Å². The van der Waals surface area contributed by atoms with Crippen molar-refractivity contribution in [1.29, 1.82) is 0 Å². The van der Waals surface area contributed by atoms with Crippen LogP contribution in [0.15, 0.2) is 48.5 Å². The van der Waals surface area contributed by atoms with Crippen LogP contribution in [0.25, 0.3) is 0 Å². The summed E-state index contributed by atoms with van der Waals surface area (Å²) in [6.07, 6.45) is 3.99.